The van der Waals surface area contributed by atoms with E-state index in [4.69, 9.17) is 10.7 Å². The van der Waals surface area contributed by atoms with Gasteiger partial charge >= 0.3 is 0 Å². The fourth-order valence-electron chi connectivity index (χ4n) is 2.83. The maximum atomic E-state index is 5.85. The van der Waals surface area contributed by atoms with Crippen molar-refractivity contribution in [2.24, 2.45) is 0 Å². The summed E-state index contributed by atoms with van der Waals surface area (Å²) in [6, 6.07) is 9.80. The van der Waals surface area contributed by atoms with Gasteiger partial charge in [0.25, 0.3) is 0 Å². The van der Waals surface area contributed by atoms with E-state index in [2.05, 4.69) is 19.9 Å². The molecule has 0 amide bonds. The lowest BCUT2D eigenvalue weighted by molar-refractivity contribution is 0.817. The van der Waals surface area contributed by atoms with E-state index in [-0.39, 0.29) is 0 Å². The molecule has 0 aromatic carbocycles. The van der Waals surface area contributed by atoms with E-state index in [1.165, 1.54) is 0 Å². The molecule has 1 aliphatic heterocycles. The van der Waals surface area contributed by atoms with Crippen molar-refractivity contribution in [1.82, 2.24) is 19.5 Å². The van der Waals surface area contributed by atoms with E-state index < -0.39 is 0 Å². The maximum Gasteiger partial charge on any atom is 0.204 e. The summed E-state index contributed by atoms with van der Waals surface area (Å²) in [6.45, 7) is 3.75. The number of nitrogen functional groups attached to an aromatic ring is 1. The summed E-state index contributed by atoms with van der Waals surface area (Å²) in [5.74, 6) is 1.38. The molecule has 6 heteroatoms. The van der Waals surface area contributed by atoms with Crippen molar-refractivity contribution >= 4 is 11.8 Å². The average molecular weight is 292 g/mol. The van der Waals surface area contributed by atoms with Crippen molar-refractivity contribution < 1.29 is 0 Å². The van der Waals surface area contributed by atoms with Gasteiger partial charge in [-0.15, -0.1) is 0 Å². The highest BCUT2D eigenvalue weighted by molar-refractivity contribution is 5.80. The van der Waals surface area contributed by atoms with Crippen LogP contribution >= 0.6 is 0 Å². The van der Waals surface area contributed by atoms with E-state index in [1.807, 2.05) is 37.3 Å². The minimum Gasteiger partial charge on any atom is -0.384 e. The van der Waals surface area contributed by atoms with Crippen LogP contribution in [0.5, 0.6) is 0 Å². The number of aromatic nitrogens is 4. The third-order valence-electron chi connectivity index (χ3n) is 3.77. The molecule has 4 rings (SSSR count). The van der Waals surface area contributed by atoms with Gasteiger partial charge in [-0.1, -0.05) is 6.07 Å². The number of nitrogens with one attached hydrogen (secondary N) is 1. The highest BCUT2D eigenvalue weighted by atomic mass is 15.3. The summed E-state index contributed by atoms with van der Waals surface area (Å²) in [6.07, 6.45) is 1.72. The van der Waals surface area contributed by atoms with Gasteiger partial charge in [0.2, 0.25) is 5.95 Å². The van der Waals surface area contributed by atoms with Gasteiger partial charge in [-0.2, -0.15) is 0 Å². The summed E-state index contributed by atoms with van der Waals surface area (Å²) in [4.78, 5) is 13.4. The van der Waals surface area contributed by atoms with Crippen LogP contribution in [-0.2, 0) is 6.54 Å². The Balaban J connectivity index is 1.96. The number of anilines is 2. The van der Waals surface area contributed by atoms with Crippen LogP contribution in [-0.4, -0.2) is 26.1 Å². The first kappa shape index (κ1) is 12.8. The first-order chi connectivity index (χ1) is 10.7. The molecule has 0 aliphatic carbocycles. The van der Waals surface area contributed by atoms with Gasteiger partial charge in [-0.3, -0.25) is 4.98 Å². The zero-order valence-electron chi connectivity index (χ0n) is 12.2. The van der Waals surface area contributed by atoms with E-state index in [9.17, 15) is 0 Å². The molecule has 0 bridgehead atoms. The van der Waals surface area contributed by atoms with Gasteiger partial charge in [0.1, 0.15) is 11.5 Å². The van der Waals surface area contributed by atoms with Gasteiger partial charge in [-0.25, -0.2) is 9.97 Å². The summed E-state index contributed by atoms with van der Waals surface area (Å²) in [7, 11) is 0. The Morgan fingerprint density at radius 3 is 2.95 bits per heavy atom. The molecule has 0 atom stereocenters. The van der Waals surface area contributed by atoms with Crippen molar-refractivity contribution in [3.63, 3.8) is 0 Å². The quantitative estimate of drug-likeness (QED) is 0.757. The third-order valence-corrected chi connectivity index (χ3v) is 3.77. The highest BCUT2D eigenvalue weighted by Crippen LogP contribution is 2.35. The Hall–Kier alpha value is -2.89. The number of aryl methyl sites for hydroxylation is 1. The Morgan fingerprint density at radius 1 is 1.23 bits per heavy atom. The van der Waals surface area contributed by atoms with Crippen LogP contribution in [0.15, 0.2) is 36.5 Å². The summed E-state index contributed by atoms with van der Waals surface area (Å²) >= 11 is 0. The molecule has 0 saturated heterocycles. The molecule has 3 aromatic rings. The number of nitrogens with zero attached hydrogens (tertiary/aromatic N) is 4. The second kappa shape index (κ2) is 4.84. The zero-order chi connectivity index (χ0) is 15.1. The standard InChI is InChI=1S/C16H16N6/c1-10-3-2-4-12(20-10)14-15(11-5-6-18-13(17)9-11)22-8-7-19-16(22)21-14/h2-6,9H,7-8H2,1H3,(H2,17,18)(H,19,21). The molecule has 0 fully saturated rings. The van der Waals surface area contributed by atoms with Crippen LogP contribution in [0.25, 0.3) is 22.6 Å². The van der Waals surface area contributed by atoms with Gasteiger partial charge < -0.3 is 15.6 Å². The number of rotatable bonds is 2. The molecule has 3 N–H and O–H groups in total. The number of nitrogens with two attached hydrogens (primary N) is 1. The number of hydrogen-bond acceptors (Lipinski definition) is 5. The molecule has 0 radical (unpaired) electrons. The molecule has 110 valence electrons. The molecular formula is C16H16N6. The second-order valence-electron chi connectivity index (χ2n) is 5.34. The Labute approximate surface area is 128 Å². The molecule has 4 heterocycles. The minimum absolute atomic E-state index is 0.502. The summed E-state index contributed by atoms with van der Waals surface area (Å²) < 4.78 is 2.17. The van der Waals surface area contributed by atoms with E-state index >= 15 is 0 Å². The van der Waals surface area contributed by atoms with E-state index in [0.717, 1.165) is 47.4 Å². The third kappa shape index (κ3) is 2.00. The SMILES string of the molecule is Cc1cccc(-c2nc3n(c2-c2ccnc(N)c2)CCN3)n1. The topological polar surface area (TPSA) is 81.7 Å². The molecule has 0 spiro atoms. The number of hydrogen-bond donors (Lipinski definition) is 2. The van der Waals surface area contributed by atoms with Crippen LogP contribution in [0.4, 0.5) is 11.8 Å². The predicted octanol–water partition coefficient (Wildman–Crippen LogP) is 2.32. The van der Waals surface area contributed by atoms with Gasteiger partial charge in [-0.05, 0) is 31.2 Å². The van der Waals surface area contributed by atoms with Crippen molar-refractivity contribution in [2.75, 3.05) is 17.6 Å². The fraction of sp³-hybridized carbons (Fsp3) is 0.188. The van der Waals surface area contributed by atoms with Gasteiger partial charge in [0.15, 0.2) is 0 Å². The predicted molar refractivity (Wildman–Crippen MR) is 86.3 cm³/mol. The monoisotopic (exact) mass is 292 g/mol. The Bertz CT molecular complexity index is 852. The van der Waals surface area contributed by atoms with Crippen molar-refractivity contribution in [3.05, 3.63) is 42.2 Å². The molecule has 3 aromatic heterocycles. The highest BCUT2D eigenvalue weighted by Gasteiger charge is 2.23. The van der Waals surface area contributed by atoms with Crippen LogP contribution in [0.3, 0.4) is 0 Å². The first-order valence-electron chi connectivity index (χ1n) is 7.23. The maximum absolute atomic E-state index is 5.85. The first-order valence-corrected chi connectivity index (χ1v) is 7.23. The Kier molecular flexibility index (Phi) is 2.82. The fourth-order valence-corrected chi connectivity index (χ4v) is 2.83. The molecule has 1 aliphatic rings. The van der Waals surface area contributed by atoms with Crippen LogP contribution < -0.4 is 11.1 Å². The van der Waals surface area contributed by atoms with Crippen molar-refractivity contribution in [1.29, 1.82) is 0 Å². The minimum atomic E-state index is 0.502. The number of pyridine rings is 2. The largest absolute Gasteiger partial charge is 0.384 e. The second-order valence-corrected chi connectivity index (χ2v) is 5.34. The zero-order valence-corrected chi connectivity index (χ0v) is 12.2. The number of fused-ring (bicyclic) bond motifs is 1. The van der Waals surface area contributed by atoms with Crippen LogP contribution in [0.2, 0.25) is 0 Å². The van der Waals surface area contributed by atoms with Crippen molar-refractivity contribution in [3.8, 4) is 22.6 Å². The summed E-state index contributed by atoms with van der Waals surface area (Å²) in [5.41, 5.74) is 10.6. The Morgan fingerprint density at radius 2 is 2.14 bits per heavy atom. The van der Waals surface area contributed by atoms with Crippen LogP contribution in [0.1, 0.15) is 5.69 Å². The smallest absolute Gasteiger partial charge is 0.204 e. The summed E-state index contributed by atoms with van der Waals surface area (Å²) in [5, 5.41) is 3.31. The van der Waals surface area contributed by atoms with E-state index in [1.54, 1.807) is 6.20 Å². The molecule has 0 unspecified atom stereocenters. The van der Waals surface area contributed by atoms with E-state index in [0.29, 0.717) is 5.82 Å². The molecule has 22 heavy (non-hydrogen) atoms. The normalized spacial score (nSPS) is 13.0. The molecule has 6 nitrogen and oxygen atoms in total. The molecular weight excluding hydrogens is 276 g/mol. The number of imidazole rings is 1. The average Bonchev–Trinajstić information content (AvgIpc) is 3.07. The van der Waals surface area contributed by atoms with Gasteiger partial charge in [0, 0.05) is 30.5 Å². The lowest BCUT2D eigenvalue weighted by Crippen LogP contribution is -2.00. The van der Waals surface area contributed by atoms with Crippen molar-refractivity contribution in [2.45, 2.75) is 13.5 Å². The van der Waals surface area contributed by atoms with Crippen LogP contribution in [0, 0.1) is 6.92 Å². The lowest BCUT2D eigenvalue weighted by Gasteiger charge is -2.08. The lowest BCUT2D eigenvalue weighted by atomic mass is 10.1. The van der Waals surface area contributed by atoms with Gasteiger partial charge in [0.05, 0.1) is 11.4 Å². The molecule has 0 saturated carbocycles.